The monoisotopic (exact) mass is 284 g/mol. The lowest BCUT2D eigenvalue weighted by molar-refractivity contribution is -0.384. The van der Waals surface area contributed by atoms with Crippen LogP contribution >= 0.6 is 0 Å². The maximum Gasteiger partial charge on any atom is 0.333 e. The first-order valence-corrected chi connectivity index (χ1v) is 6.52. The van der Waals surface area contributed by atoms with E-state index < -0.39 is 4.92 Å². The zero-order valence-electron chi connectivity index (χ0n) is 11.7. The Bertz CT molecular complexity index is 639. The van der Waals surface area contributed by atoms with Crippen molar-refractivity contribution in [2.24, 2.45) is 0 Å². The minimum Gasteiger partial charge on any atom is -0.483 e. The van der Waals surface area contributed by atoms with Crippen molar-refractivity contribution in [3.05, 3.63) is 70.3 Å². The fraction of sp³-hybridized carbons (Fsp3) is 0.125. The number of para-hydroxylation sites is 1. The Balaban J connectivity index is 2.07. The molecule has 0 heterocycles. The van der Waals surface area contributed by atoms with Crippen molar-refractivity contribution in [3.8, 4) is 5.75 Å². The summed E-state index contributed by atoms with van der Waals surface area (Å²) in [7, 11) is 1.64. The summed E-state index contributed by atoms with van der Waals surface area (Å²) in [5.41, 5.74) is 1.44. The number of ether oxygens (including phenoxy) is 1. The first-order valence-electron chi connectivity index (χ1n) is 6.52. The maximum atomic E-state index is 11.1. The number of rotatable bonds is 6. The average Bonchev–Trinajstić information content (AvgIpc) is 2.52. The Hall–Kier alpha value is -2.82. The van der Waals surface area contributed by atoms with Gasteiger partial charge in [-0.3, -0.25) is 10.1 Å². The van der Waals surface area contributed by atoms with Crippen LogP contribution in [0.25, 0.3) is 6.08 Å². The van der Waals surface area contributed by atoms with Crippen molar-refractivity contribution in [2.45, 2.75) is 0 Å². The molecule has 2 aromatic rings. The summed E-state index contributed by atoms with van der Waals surface area (Å²) in [6.07, 6.45) is 3.73. The SMILES string of the molecule is CNc1cccc(OC/C=C/c2ccccc2)c1[N+](=O)[O-]. The van der Waals surface area contributed by atoms with Gasteiger partial charge in [-0.2, -0.15) is 0 Å². The summed E-state index contributed by atoms with van der Waals surface area (Å²) in [4.78, 5) is 10.7. The van der Waals surface area contributed by atoms with Gasteiger partial charge < -0.3 is 10.1 Å². The Morgan fingerprint density at radius 1 is 1.19 bits per heavy atom. The molecule has 1 N–H and O–H groups in total. The molecule has 21 heavy (non-hydrogen) atoms. The predicted octanol–water partition coefficient (Wildman–Crippen LogP) is 3.73. The zero-order chi connectivity index (χ0) is 15.1. The van der Waals surface area contributed by atoms with E-state index in [9.17, 15) is 10.1 Å². The smallest absolute Gasteiger partial charge is 0.333 e. The van der Waals surface area contributed by atoms with E-state index in [1.165, 1.54) is 0 Å². The van der Waals surface area contributed by atoms with E-state index in [1.807, 2.05) is 42.5 Å². The molecule has 0 saturated heterocycles. The zero-order valence-corrected chi connectivity index (χ0v) is 11.7. The molecule has 0 aromatic heterocycles. The van der Waals surface area contributed by atoms with Crippen molar-refractivity contribution >= 4 is 17.5 Å². The summed E-state index contributed by atoms with van der Waals surface area (Å²) in [6, 6.07) is 14.7. The molecular weight excluding hydrogens is 268 g/mol. The van der Waals surface area contributed by atoms with Crippen LogP contribution < -0.4 is 10.1 Å². The van der Waals surface area contributed by atoms with E-state index in [4.69, 9.17) is 4.74 Å². The van der Waals surface area contributed by atoms with E-state index in [-0.39, 0.29) is 18.0 Å². The second-order valence-corrected chi connectivity index (χ2v) is 4.28. The van der Waals surface area contributed by atoms with Gasteiger partial charge in [0, 0.05) is 7.05 Å². The van der Waals surface area contributed by atoms with Crippen LogP contribution in [-0.2, 0) is 0 Å². The fourth-order valence-electron chi connectivity index (χ4n) is 1.92. The van der Waals surface area contributed by atoms with Crippen LogP contribution in [0.3, 0.4) is 0 Å². The Labute approximate surface area is 123 Å². The summed E-state index contributed by atoms with van der Waals surface area (Å²) in [5, 5.41) is 13.9. The third-order valence-electron chi connectivity index (χ3n) is 2.90. The quantitative estimate of drug-likeness (QED) is 0.648. The third-order valence-corrected chi connectivity index (χ3v) is 2.90. The number of nitrogens with zero attached hydrogens (tertiary/aromatic N) is 1. The highest BCUT2D eigenvalue weighted by atomic mass is 16.6. The molecule has 5 nitrogen and oxygen atoms in total. The number of nitrogens with one attached hydrogen (secondary N) is 1. The van der Waals surface area contributed by atoms with Crippen molar-refractivity contribution < 1.29 is 9.66 Å². The van der Waals surface area contributed by atoms with Gasteiger partial charge in [-0.05, 0) is 23.8 Å². The fourth-order valence-corrected chi connectivity index (χ4v) is 1.92. The van der Waals surface area contributed by atoms with Crippen LogP contribution in [0, 0.1) is 10.1 Å². The number of nitro groups is 1. The molecule has 0 aliphatic rings. The molecule has 2 aromatic carbocycles. The average molecular weight is 284 g/mol. The molecule has 2 rings (SSSR count). The van der Waals surface area contributed by atoms with Crippen LogP contribution in [0.1, 0.15) is 5.56 Å². The molecule has 5 heteroatoms. The summed E-state index contributed by atoms with van der Waals surface area (Å²) in [6.45, 7) is 0.267. The number of benzene rings is 2. The molecule has 0 fully saturated rings. The Morgan fingerprint density at radius 2 is 1.95 bits per heavy atom. The van der Waals surface area contributed by atoms with Gasteiger partial charge in [0.05, 0.1) is 4.92 Å². The standard InChI is InChI=1S/C16H16N2O3/c1-17-14-10-5-11-15(16(14)18(19)20)21-12-6-9-13-7-3-2-4-8-13/h2-11,17H,12H2,1H3/b9-6+. The second-order valence-electron chi connectivity index (χ2n) is 4.28. The van der Waals surface area contributed by atoms with Crippen LogP contribution in [0.2, 0.25) is 0 Å². The van der Waals surface area contributed by atoms with Crippen molar-refractivity contribution in [2.75, 3.05) is 19.0 Å². The molecule has 0 saturated carbocycles. The lowest BCUT2D eigenvalue weighted by Gasteiger charge is -2.07. The topological polar surface area (TPSA) is 64.4 Å². The van der Waals surface area contributed by atoms with Crippen LogP contribution in [0.15, 0.2) is 54.6 Å². The molecular formula is C16H16N2O3. The van der Waals surface area contributed by atoms with Crippen molar-refractivity contribution in [1.29, 1.82) is 0 Å². The van der Waals surface area contributed by atoms with E-state index in [0.717, 1.165) is 5.56 Å². The molecule has 0 amide bonds. The highest BCUT2D eigenvalue weighted by Crippen LogP contribution is 2.34. The van der Waals surface area contributed by atoms with Gasteiger partial charge in [0.1, 0.15) is 12.3 Å². The van der Waals surface area contributed by atoms with E-state index >= 15 is 0 Å². The number of hydrogen-bond acceptors (Lipinski definition) is 4. The number of hydrogen-bond donors (Lipinski definition) is 1. The van der Waals surface area contributed by atoms with Crippen molar-refractivity contribution in [1.82, 2.24) is 0 Å². The maximum absolute atomic E-state index is 11.1. The van der Waals surface area contributed by atoms with Crippen LogP contribution in [-0.4, -0.2) is 18.6 Å². The largest absolute Gasteiger partial charge is 0.483 e. The van der Waals surface area contributed by atoms with Crippen LogP contribution in [0.4, 0.5) is 11.4 Å². The number of nitro benzene ring substituents is 1. The van der Waals surface area contributed by atoms with Gasteiger partial charge in [0.2, 0.25) is 0 Å². The lowest BCUT2D eigenvalue weighted by Crippen LogP contribution is -2.01. The summed E-state index contributed by atoms with van der Waals surface area (Å²) < 4.78 is 5.49. The molecule has 0 aliphatic carbocycles. The lowest BCUT2D eigenvalue weighted by atomic mass is 10.2. The Kier molecular flexibility index (Phi) is 4.93. The first kappa shape index (κ1) is 14.6. The first-order chi connectivity index (χ1) is 10.2. The third kappa shape index (κ3) is 3.82. The number of anilines is 1. The van der Waals surface area contributed by atoms with Gasteiger partial charge in [-0.25, -0.2) is 0 Å². The van der Waals surface area contributed by atoms with Gasteiger partial charge in [-0.15, -0.1) is 0 Å². The van der Waals surface area contributed by atoms with E-state index in [1.54, 1.807) is 25.2 Å². The minimum atomic E-state index is -0.442. The van der Waals surface area contributed by atoms with Gasteiger partial charge in [0.25, 0.3) is 0 Å². The van der Waals surface area contributed by atoms with Gasteiger partial charge in [-0.1, -0.05) is 42.5 Å². The van der Waals surface area contributed by atoms with E-state index in [2.05, 4.69) is 5.32 Å². The van der Waals surface area contributed by atoms with Crippen molar-refractivity contribution in [3.63, 3.8) is 0 Å². The molecule has 0 spiro atoms. The molecule has 0 unspecified atom stereocenters. The van der Waals surface area contributed by atoms with E-state index in [0.29, 0.717) is 5.69 Å². The predicted molar refractivity (Wildman–Crippen MR) is 83.6 cm³/mol. The molecule has 0 atom stereocenters. The van der Waals surface area contributed by atoms with Gasteiger partial charge in [0.15, 0.2) is 5.75 Å². The second kappa shape index (κ2) is 7.09. The highest BCUT2D eigenvalue weighted by molar-refractivity contribution is 5.68. The van der Waals surface area contributed by atoms with Gasteiger partial charge >= 0.3 is 5.69 Å². The van der Waals surface area contributed by atoms with Crippen LogP contribution in [0.5, 0.6) is 5.75 Å². The molecule has 0 aliphatic heterocycles. The Morgan fingerprint density at radius 3 is 2.62 bits per heavy atom. The minimum absolute atomic E-state index is 0.0480. The summed E-state index contributed by atoms with van der Waals surface area (Å²) >= 11 is 0. The molecule has 0 bridgehead atoms. The molecule has 0 radical (unpaired) electrons. The highest BCUT2D eigenvalue weighted by Gasteiger charge is 2.19. The summed E-state index contributed by atoms with van der Waals surface area (Å²) in [5.74, 6) is 0.254. The molecule has 108 valence electrons. The normalized spacial score (nSPS) is 10.5.